The highest BCUT2D eigenvalue weighted by molar-refractivity contribution is 5.85. The first-order valence-corrected chi connectivity index (χ1v) is 7.95. The zero-order valence-electron chi connectivity index (χ0n) is 14.5. The molecule has 2 N–H and O–H groups in total. The van der Waals surface area contributed by atoms with Gasteiger partial charge in [0.05, 0.1) is 25.8 Å². The standard InChI is InChI=1S/C17H28N2O3.ClH/c1-5-9-21-15-8-7-14(11-16(15)22-10-6-2)13(3)19-17(20)12-18-4;/h7-8,11,13,18H,5-6,9-10,12H2,1-4H3,(H,19,20);1H. The predicted molar refractivity (Wildman–Crippen MR) is 95.7 cm³/mol. The molecule has 23 heavy (non-hydrogen) atoms. The SMILES string of the molecule is CCCOc1ccc(C(C)NC(=O)CNC)cc1OCCC.Cl. The smallest absolute Gasteiger partial charge is 0.234 e. The number of carbonyl (C=O) groups excluding carboxylic acids is 1. The molecule has 0 aliphatic rings. The molecule has 0 saturated heterocycles. The summed E-state index contributed by atoms with van der Waals surface area (Å²) in [6.07, 6.45) is 1.89. The van der Waals surface area contributed by atoms with E-state index in [0.717, 1.165) is 29.9 Å². The Morgan fingerprint density at radius 1 is 1.13 bits per heavy atom. The van der Waals surface area contributed by atoms with Gasteiger partial charge in [-0.15, -0.1) is 12.4 Å². The minimum Gasteiger partial charge on any atom is -0.490 e. The lowest BCUT2D eigenvalue weighted by atomic mass is 10.1. The van der Waals surface area contributed by atoms with Gasteiger partial charge in [0.2, 0.25) is 5.91 Å². The Morgan fingerprint density at radius 3 is 2.30 bits per heavy atom. The van der Waals surface area contributed by atoms with Crippen molar-refractivity contribution in [2.24, 2.45) is 0 Å². The van der Waals surface area contributed by atoms with Gasteiger partial charge in [0, 0.05) is 0 Å². The maximum absolute atomic E-state index is 11.7. The number of likely N-dealkylation sites (N-methyl/N-ethyl adjacent to an activating group) is 1. The molecule has 6 heteroatoms. The fourth-order valence-corrected chi connectivity index (χ4v) is 1.99. The summed E-state index contributed by atoms with van der Waals surface area (Å²) in [7, 11) is 1.75. The van der Waals surface area contributed by atoms with Gasteiger partial charge in [-0.1, -0.05) is 19.9 Å². The Morgan fingerprint density at radius 2 is 1.74 bits per heavy atom. The first-order chi connectivity index (χ1) is 10.6. The number of ether oxygens (including phenoxy) is 2. The molecular weight excluding hydrogens is 316 g/mol. The van der Waals surface area contributed by atoms with Gasteiger partial charge in [-0.2, -0.15) is 0 Å². The molecule has 0 spiro atoms. The number of hydrogen-bond acceptors (Lipinski definition) is 4. The number of carbonyl (C=O) groups is 1. The molecule has 0 saturated carbocycles. The van der Waals surface area contributed by atoms with Gasteiger partial charge in [-0.05, 0) is 44.5 Å². The number of benzene rings is 1. The van der Waals surface area contributed by atoms with Crippen molar-refractivity contribution in [3.8, 4) is 11.5 Å². The zero-order valence-corrected chi connectivity index (χ0v) is 15.3. The molecule has 1 atom stereocenters. The molecule has 0 aliphatic heterocycles. The van der Waals surface area contributed by atoms with E-state index in [1.54, 1.807) is 7.05 Å². The van der Waals surface area contributed by atoms with Crippen LogP contribution < -0.4 is 20.1 Å². The van der Waals surface area contributed by atoms with E-state index in [-0.39, 0.29) is 24.4 Å². The Hall–Kier alpha value is -1.46. The zero-order chi connectivity index (χ0) is 16.4. The van der Waals surface area contributed by atoms with E-state index in [1.807, 2.05) is 25.1 Å². The van der Waals surface area contributed by atoms with Gasteiger partial charge in [-0.25, -0.2) is 0 Å². The molecule has 0 heterocycles. The summed E-state index contributed by atoms with van der Waals surface area (Å²) < 4.78 is 11.5. The van der Waals surface area contributed by atoms with Crippen molar-refractivity contribution < 1.29 is 14.3 Å². The van der Waals surface area contributed by atoms with Crippen LogP contribution in [0.1, 0.15) is 45.2 Å². The maximum Gasteiger partial charge on any atom is 0.234 e. The van der Waals surface area contributed by atoms with Crippen molar-refractivity contribution >= 4 is 18.3 Å². The molecule has 0 aromatic heterocycles. The molecular formula is C17H29ClN2O3. The number of amides is 1. The van der Waals surface area contributed by atoms with Crippen molar-refractivity contribution in [1.29, 1.82) is 0 Å². The lowest BCUT2D eigenvalue weighted by Crippen LogP contribution is -2.33. The molecule has 5 nitrogen and oxygen atoms in total. The molecule has 1 aromatic carbocycles. The van der Waals surface area contributed by atoms with Crippen LogP contribution in [0.4, 0.5) is 0 Å². The number of rotatable bonds is 10. The topological polar surface area (TPSA) is 59.6 Å². The summed E-state index contributed by atoms with van der Waals surface area (Å²) in [4.78, 5) is 11.7. The van der Waals surface area contributed by atoms with Crippen LogP contribution in [0.3, 0.4) is 0 Å². The first kappa shape index (κ1) is 21.5. The van der Waals surface area contributed by atoms with Gasteiger partial charge in [0.25, 0.3) is 0 Å². The number of hydrogen-bond donors (Lipinski definition) is 2. The van der Waals surface area contributed by atoms with Gasteiger partial charge in [-0.3, -0.25) is 4.79 Å². The highest BCUT2D eigenvalue weighted by Crippen LogP contribution is 2.31. The third kappa shape index (κ3) is 7.57. The van der Waals surface area contributed by atoms with Crippen LogP contribution in [0.5, 0.6) is 11.5 Å². The van der Waals surface area contributed by atoms with Crippen LogP contribution in [0, 0.1) is 0 Å². The fourth-order valence-electron chi connectivity index (χ4n) is 1.99. The third-order valence-corrected chi connectivity index (χ3v) is 3.11. The van der Waals surface area contributed by atoms with Crippen LogP contribution in [0.15, 0.2) is 18.2 Å². The van der Waals surface area contributed by atoms with Gasteiger partial charge >= 0.3 is 0 Å². The maximum atomic E-state index is 11.7. The largest absolute Gasteiger partial charge is 0.490 e. The van der Waals surface area contributed by atoms with Crippen molar-refractivity contribution in [3.63, 3.8) is 0 Å². The van der Waals surface area contributed by atoms with Crippen LogP contribution in [-0.4, -0.2) is 32.7 Å². The monoisotopic (exact) mass is 344 g/mol. The second kappa shape index (κ2) is 12.0. The van der Waals surface area contributed by atoms with Crippen molar-refractivity contribution in [3.05, 3.63) is 23.8 Å². The average molecular weight is 345 g/mol. The van der Waals surface area contributed by atoms with E-state index in [1.165, 1.54) is 0 Å². The summed E-state index contributed by atoms with van der Waals surface area (Å²) >= 11 is 0. The average Bonchev–Trinajstić information content (AvgIpc) is 2.51. The number of halogens is 1. The minimum atomic E-state index is -0.0787. The van der Waals surface area contributed by atoms with E-state index < -0.39 is 0 Å². The fraction of sp³-hybridized carbons (Fsp3) is 0.588. The summed E-state index contributed by atoms with van der Waals surface area (Å²) in [6.45, 7) is 7.71. The third-order valence-electron chi connectivity index (χ3n) is 3.11. The highest BCUT2D eigenvalue weighted by atomic mass is 35.5. The second-order valence-corrected chi connectivity index (χ2v) is 5.22. The summed E-state index contributed by atoms with van der Waals surface area (Å²) in [5.74, 6) is 1.47. The lowest BCUT2D eigenvalue weighted by molar-refractivity contribution is -0.120. The van der Waals surface area contributed by atoms with Crippen LogP contribution in [0.25, 0.3) is 0 Å². The second-order valence-electron chi connectivity index (χ2n) is 5.22. The van der Waals surface area contributed by atoms with E-state index in [0.29, 0.717) is 19.8 Å². The molecule has 1 aromatic rings. The predicted octanol–water partition coefficient (Wildman–Crippen LogP) is 3.08. The molecule has 1 unspecified atom stereocenters. The van der Waals surface area contributed by atoms with E-state index >= 15 is 0 Å². The molecule has 132 valence electrons. The van der Waals surface area contributed by atoms with Gasteiger partial charge in [0.15, 0.2) is 11.5 Å². The Kier molecular flexibility index (Phi) is 11.3. The van der Waals surface area contributed by atoms with Crippen LogP contribution in [0.2, 0.25) is 0 Å². The number of nitrogens with one attached hydrogen (secondary N) is 2. The van der Waals surface area contributed by atoms with Crippen molar-refractivity contribution in [2.45, 2.75) is 39.7 Å². The molecule has 1 rings (SSSR count). The Labute approximate surface area is 145 Å². The molecule has 0 fully saturated rings. The summed E-state index contributed by atoms with van der Waals surface area (Å²) in [5.41, 5.74) is 0.999. The van der Waals surface area contributed by atoms with Gasteiger partial charge < -0.3 is 20.1 Å². The summed E-state index contributed by atoms with van der Waals surface area (Å²) in [6, 6.07) is 5.75. The molecule has 1 amide bonds. The van der Waals surface area contributed by atoms with Gasteiger partial charge in [0.1, 0.15) is 0 Å². The Balaban J connectivity index is 0.00000484. The summed E-state index contributed by atoms with van der Waals surface area (Å²) in [5, 5.41) is 5.78. The van der Waals surface area contributed by atoms with Crippen LogP contribution >= 0.6 is 12.4 Å². The first-order valence-electron chi connectivity index (χ1n) is 7.95. The van der Waals surface area contributed by atoms with Crippen molar-refractivity contribution in [2.75, 3.05) is 26.8 Å². The van der Waals surface area contributed by atoms with Crippen molar-refractivity contribution in [1.82, 2.24) is 10.6 Å². The minimum absolute atomic E-state index is 0. The van der Waals surface area contributed by atoms with E-state index in [2.05, 4.69) is 24.5 Å². The highest BCUT2D eigenvalue weighted by Gasteiger charge is 2.13. The normalized spacial score (nSPS) is 11.3. The molecule has 0 aliphatic carbocycles. The quantitative estimate of drug-likeness (QED) is 0.684. The molecule has 0 bridgehead atoms. The Bertz CT molecular complexity index is 469. The van der Waals surface area contributed by atoms with E-state index in [4.69, 9.17) is 9.47 Å². The lowest BCUT2D eigenvalue weighted by Gasteiger charge is -2.18. The van der Waals surface area contributed by atoms with Crippen LogP contribution in [-0.2, 0) is 4.79 Å². The van der Waals surface area contributed by atoms with E-state index in [9.17, 15) is 4.79 Å². The molecule has 0 radical (unpaired) electrons.